The van der Waals surface area contributed by atoms with Crippen LogP contribution in [0.15, 0.2) is 24.3 Å². The molecule has 1 aromatic carbocycles. The fourth-order valence-corrected chi connectivity index (χ4v) is 2.96. The van der Waals surface area contributed by atoms with E-state index in [1.165, 1.54) is 10.5 Å². The summed E-state index contributed by atoms with van der Waals surface area (Å²) in [5.74, 6) is 0. The van der Waals surface area contributed by atoms with Crippen molar-refractivity contribution in [1.82, 2.24) is 9.80 Å². The second-order valence-electron chi connectivity index (χ2n) is 7.29. The second-order valence-corrected chi connectivity index (χ2v) is 7.29. The predicted octanol–water partition coefficient (Wildman–Crippen LogP) is 3.55. The lowest BCUT2D eigenvalue weighted by Gasteiger charge is -2.33. The molecular formula is C18H27FN2O2. The Kier molecular flexibility index (Phi) is 5.63. The van der Waals surface area contributed by atoms with Crippen molar-refractivity contribution >= 4 is 6.09 Å². The third-order valence-corrected chi connectivity index (χ3v) is 4.31. The van der Waals surface area contributed by atoms with Crippen molar-refractivity contribution in [2.75, 3.05) is 19.6 Å². The van der Waals surface area contributed by atoms with E-state index in [9.17, 15) is 14.3 Å². The molecule has 1 saturated heterocycles. The monoisotopic (exact) mass is 322 g/mol. The number of carboxylic acid groups (broad SMARTS) is 1. The molecule has 1 amide bonds. The highest BCUT2D eigenvalue weighted by Gasteiger charge is 2.25. The predicted molar refractivity (Wildman–Crippen MR) is 89.4 cm³/mol. The van der Waals surface area contributed by atoms with Crippen LogP contribution in [-0.2, 0) is 13.0 Å². The van der Waals surface area contributed by atoms with E-state index in [1.807, 2.05) is 32.9 Å². The van der Waals surface area contributed by atoms with Gasteiger partial charge in [-0.3, -0.25) is 4.90 Å². The Labute approximate surface area is 137 Å². The summed E-state index contributed by atoms with van der Waals surface area (Å²) in [5, 5.41) is 9.30. The number of rotatable bonds is 5. The molecule has 0 unspecified atom stereocenters. The van der Waals surface area contributed by atoms with Gasteiger partial charge in [0.25, 0.3) is 0 Å². The van der Waals surface area contributed by atoms with E-state index in [0.717, 1.165) is 18.7 Å². The number of nitrogens with zero attached hydrogens (tertiary/aromatic N) is 2. The minimum Gasteiger partial charge on any atom is -0.465 e. The van der Waals surface area contributed by atoms with E-state index < -0.39 is 17.8 Å². The Morgan fingerprint density at radius 3 is 2.39 bits per heavy atom. The zero-order valence-electron chi connectivity index (χ0n) is 14.3. The summed E-state index contributed by atoms with van der Waals surface area (Å²) in [6, 6.07) is 8.20. The molecule has 0 spiro atoms. The molecule has 1 aromatic rings. The van der Waals surface area contributed by atoms with Crippen molar-refractivity contribution < 1.29 is 14.3 Å². The topological polar surface area (TPSA) is 43.8 Å². The fraction of sp³-hybridized carbons (Fsp3) is 0.611. The number of hydrogen-bond acceptors (Lipinski definition) is 2. The zero-order chi connectivity index (χ0) is 17.0. The summed E-state index contributed by atoms with van der Waals surface area (Å²) >= 11 is 0. The first-order chi connectivity index (χ1) is 10.8. The van der Waals surface area contributed by atoms with Gasteiger partial charge in [0.15, 0.2) is 0 Å². The van der Waals surface area contributed by atoms with Gasteiger partial charge in [-0.15, -0.1) is 0 Å². The molecule has 0 aliphatic carbocycles. The normalized spacial score (nSPS) is 19.0. The maximum atomic E-state index is 13.2. The zero-order valence-corrected chi connectivity index (χ0v) is 14.3. The Balaban J connectivity index is 1.88. The molecule has 5 heteroatoms. The van der Waals surface area contributed by atoms with Crippen LogP contribution in [0.4, 0.5) is 9.18 Å². The Hall–Kier alpha value is -1.62. The van der Waals surface area contributed by atoms with Crippen molar-refractivity contribution in [1.29, 1.82) is 0 Å². The van der Waals surface area contributed by atoms with Crippen LogP contribution < -0.4 is 0 Å². The molecule has 1 aliphatic heterocycles. The molecule has 23 heavy (non-hydrogen) atoms. The van der Waals surface area contributed by atoms with Crippen molar-refractivity contribution in [2.24, 2.45) is 0 Å². The van der Waals surface area contributed by atoms with Gasteiger partial charge in [0, 0.05) is 31.7 Å². The molecule has 1 atom stereocenters. The van der Waals surface area contributed by atoms with Crippen LogP contribution in [0.1, 0.15) is 38.3 Å². The molecule has 1 N–H and O–H groups in total. The van der Waals surface area contributed by atoms with Gasteiger partial charge in [-0.05, 0) is 44.7 Å². The average molecular weight is 322 g/mol. The lowest BCUT2D eigenvalue weighted by atomic mass is 10.0. The summed E-state index contributed by atoms with van der Waals surface area (Å²) < 4.78 is 13.2. The summed E-state index contributed by atoms with van der Waals surface area (Å²) in [6.45, 7) is 8.32. The lowest BCUT2D eigenvalue weighted by molar-refractivity contribution is 0.101. The number of halogens is 1. The molecule has 0 saturated carbocycles. The van der Waals surface area contributed by atoms with Crippen LogP contribution >= 0.6 is 0 Å². The van der Waals surface area contributed by atoms with E-state index in [-0.39, 0.29) is 0 Å². The molecular weight excluding hydrogens is 295 g/mol. The molecule has 0 bridgehead atoms. The van der Waals surface area contributed by atoms with Crippen LogP contribution in [0, 0.1) is 0 Å². The Bertz CT molecular complexity index is 525. The summed E-state index contributed by atoms with van der Waals surface area (Å²) in [7, 11) is 0. The summed E-state index contributed by atoms with van der Waals surface area (Å²) in [4.78, 5) is 14.9. The van der Waals surface area contributed by atoms with Gasteiger partial charge >= 0.3 is 6.09 Å². The van der Waals surface area contributed by atoms with Crippen LogP contribution in [-0.4, -0.2) is 52.3 Å². The third kappa shape index (κ3) is 5.20. The van der Waals surface area contributed by atoms with Gasteiger partial charge in [-0.1, -0.05) is 24.3 Å². The van der Waals surface area contributed by atoms with Crippen LogP contribution in [0.25, 0.3) is 0 Å². The van der Waals surface area contributed by atoms with E-state index in [0.29, 0.717) is 25.9 Å². The molecule has 1 heterocycles. The largest absolute Gasteiger partial charge is 0.465 e. The van der Waals surface area contributed by atoms with Crippen LogP contribution in [0.5, 0.6) is 0 Å². The van der Waals surface area contributed by atoms with Gasteiger partial charge in [-0.2, -0.15) is 0 Å². The fourth-order valence-electron chi connectivity index (χ4n) is 2.96. The van der Waals surface area contributed by atoms with Gasteiger partial charge in [0.2, 0.25) is 0 Å². The van der Waals surface area contributed by atoms with Gasteiger partial charge in [0.1, 0.15) is 6.17 Å². The van der Waals surface area contributed by atoms with Crippen molar-refractivity contribution in [3.05, 3.63) is 35.4 Å². The first-order valence-electron chi connectivity index (χ1n) is 8.20. The molecule has 0 radical (unpaired) electrons. The molecule has 0 aromatic heterocycles. The first kappa shape index (κ1) is 17.7. The van der Waals surface area contributed by atoms with Gasteiger partial charge < -0.3 is 10.0 Å². The summed E-state index contributed by atoms with van der Waals surface area (Å²) in [6.07, 6.45) is -0.242. The van der Waals surface area contributed by atoms with E-state index in [4.69, 9.17) is 0 Å². The smallest absolute Gasteiger partial charge is 0.407 e. The second kappa shape index (κ2) is 7.30. The number of amides is 1. The third-order valence-electron chi connectivity index (χ3n) is 4.31. The highest BCUT2D eigenvalue weighted by Crippen LogP contribution is 2.17. The standard InChI is InChI=1S/C18H27FN2O2/c1-18(2,3)21(17(22)23)11-8-14-4-6-15(7-5-14)12-20-10-9-16(19)13-20/h4-7,16H,8-13H2,1-3H3,(H,22,23)/t16-/m0/s1. The van der Waals surface area contributed by atoms with Crippen molar-refractivity contribution in [3.8, 4) is 0 Å². The Morgan fingerprint density at radius 2 is 1.91 bits per heavy atom. The quantitative estimate of drug-likeness (QED) is 0.901. The number of alkyl halides is 1. The minimum atomic E-state index is -0.885. The number of hydrogen-bond donors (Lipinski definition) is 1. The van der Waals surface area contributed by atoms with Crippen LogP contribution in [0.3, 0.4) is 0 Å². The highest BCUT2D eigenvalue weighted by atomic mass is 19.1. The Morgan fingerprint density at radius 1 is 1.30 bits per heavy atom. The molecule has 1 fully saturated rings. The average Bonchev–Trinajstić information content (AvgIpc) is 2.84. The van der Waals surface area contributed by atoms with E-state index >= 15 is 0 Å². The van der Waals surface area contributed by atoms with Gasteiger partial charge in [0.05, 0.1) is 0 Å². The first-order valence-corrected chi connectivity index (χ1v) is 8.20. The van der Waals surface area contributed by atoms with Crippen LogP contribution in [0.2, 0.25) is 0 Å². The van der Waals surface area contributed by atoms with Crippen molar-refractivity contribution in [3.63, 3.8) is 0 Å². The maximum Gasteiger partial charge on any atom is 0.407 e. The molecule has 4 nitrogen and oxygen atoms in total. The van der Waals surface area contributed by atoms with Crippen molar-refractivity contribution in [2.45, 2.75) is 51.9 Å². The molecule has 1 aliphatic rings. The number of benzene rings is 1. The summed E-state index contributed by atoms with van der Waals surface area (Å²) in [5.41, 5.74) is 1.90. The molecule has 2 rings (SSSR count). The molecule has 128 valence electrons. The van der Waals surface area contributed by atoms with E-state index in [1.54, 1.807) is 0 Å². The SMILES string of the molecule is CC(C)(C)N(CCc1ccc(CN2CC[C@H](F)C2)cc1)C(=O)O. The number of likely N-dealkylation sites (tertiary alicyclic amines) is 1. The minimum absolute atomic E-state index is 0.398. The number of carbonyl (C=O) groups is 1. The van der Waals surface area contributed by atoms with Gasteiger partial charge in [-0.25, -0.2) is 9.18 Å². The van der Waals surface area contributed by atoms with E-state index in [2.05, 4.69) is 17.0 Å². The highest BCUT2D eigenvalue weighted by molar-refractivity contribution is 5.66. The maximum absolute atomic E-state index is 13.2. The lowest BCUT2D eigenvalue weighted by Crippen LogP contribution is -2.45.